The molecule has 3 aromatic heterocycles. The third-order valence-electron chi connectivity index (χ3n) is 5.68. The minimum atomic E-state index is -0.562. The molecule has 0 bridgehead atoms. The molecule has 4 N–H and O–H groups in total. The molecule has 1 aliphatic carbocycles. The first-order chi connectivity index (χ1) is 15.9. The zero-order valence-electron chi connectivity index (χ0n) is 18.1. The Morgan fingerprint density at radius 3 is 2.67 bits per heavy atom. The van der Waals surface area contributed by atoms with Gasteiger partial charge in [-0.05, 0) is 21.7 Å². The Balaban J connectivity index is 1.65. The average Bonchev–Trinajstić information content (AvgIpc) is 3.46. The third-order valence-corrected chi connectivity index (χ3v) is 6.77. The molecule has 33 heavy (non-hydrogen) atoms. The number of benzene rings is 1. The number of nitrogens with zero attached hydrogens (tertiary/aromatic N) is 5. The average molecular weight is 460 g/mol. The van der Waals surface area contributed by atoms with Gasteiger partial charge in [0.2, 0.25) is 5.27 Å². The first-order valence-corrected chi connectivity index (χ1v) is 11.3. The van der Waals surface area contributed by atoms with Crippen molar-refractivity contribution in [2.45, 2.75) is 38.6 Å². The number of pyridine rings is 1. The van der Waals surface area contributed by atoms with Crippen LogP contribution in [0.3, 0.4) is 0 Å². The second-order valence-corrected chi connectivity index (χ2v) is 9.33. The SMILES string of the molecule is CC(C)c1ccc(-c2c(C#N)c(N)nc3sc(/C([O-])=N/c4c[n+](C5CC5)no4)c(N)c23)cc1. The van der Waals surface area contributed by atoms with Crippen LogP contribution in [-0.4, -0.2) is 16.2 Å². The van der Waals surface area contributed by atoms with Gasteiger partial charge < -0.3 is 16.6 Å². The van der Waals surface area contributed by atoms with Crippen LogP contribution in [0.4, 0.5) is 17.4 Å². The van der Waals surface area contributed by atoms with Gasteiger partial charge in [-0.3, -0.25) is 4.52 Å². The molecule has 9 nitrogen and oxygen atoms in total. The van der Waals surface area contributed by atoms with Gasteiger partial charge >= 0.3 is 5.88 Å². The van der Waals surface area contributed by atoms with Gasteiger partial charge in [0.1, 0.15) is 22.3 Å². The van der Waals surface area contributed by atoms with Gasteiger partial charge in [-0.25, -0.2) is 9.98 Å². The molecule has 0 amide bonds. The summed E-state index contributed by atoms with van der Waals surface area (Å²) in [4.78, 5) is 9.06. The lowest BCUT2D eigenvalue weighted by Gasteiger charge is -2.12. The molecule has 166 valence electrons. The molecule has 5 rings (SSSR count). The Hall–Kier alpha value is -3.97. The van der Waals surface area contributed by atoms with E-state index in [0.29, 0.717) is 27.7 Å². The van der Waals surface area contributed by atoms with Crippen LogP contribution >= 0.6 is 11.3 Å². The summed E-state index contributed by atoms with van der Waals surface area (Å²) in [6.07, 6.45) is 3.66. The number of aliphatic imine (C=N–C) groups is 1. The van der Waals surface area contributed by atoms with Crippen molar-refractivity contribution in [1.82, 2.24) is 10.3 Å². The molecule has 0 radical (unpaired) electrons. The lowest BCUT2D eigenvalue weighted by molar-refractivity contribution is -0.765. The molecule has 1 saturated carbocycles. The lowest BCUT2D eigenvalue weighted by atomic mass is 9.94. The fourth-order valence-electron chi connectivity index (χ4n) is 3.73. The zero-order valence-corrected chi connectivity index (χ0v) is 18.9. The van der Waals surface area contributed by atoms with E-state index in [9.17, 15) is 10.4 Å². The maximum atomic E-state index is 12.9. The Morgan fingerprint density at radius 2 is 2.03 bits per heavy atom. The van der Waals surface area contributed by atoms with Crippen LogP contribution in [0.1, 0.15) is 54.7 Å². The minimum absolute atomic E-state index is 0.0887. The zero-order chi connectivity index (χ0) is 23.3. The Bertz CT molecular complexity index is 1440. The van der Waals surface area contributed by atoms with Crippen molar-refractivity contribution in [3.8, 4) is 17.2 Å². The maximum absolute atomic E-state index is 12.9. The molecule has 1 aromatic carbocycles. The summed E-state index contributed by atoms with van der Waals surface area (Å²) in [5.74, 6) is 0.000749. The minimum Gasteiger partial charge on any atom is -0.857 e. The van der Waals surface area contributed by atoms with E-state index >= 15 is 0 Å². The van der Waals surface area contributed by atoms with Gasteiger partial charge in [0.25, 0.3) is 6.20 Å². The van der Waals surface area contributed by atoms with Crippen molar-refractivity contribution in [3.05, 3.63) is 46.5 Å². The number of nitrogen functional groups attached to an aromatic ring is 2. The van der Waals surface area contributed by atoms with E-state index in [0.717, 1.165) is 29.7 Å². The number of nitriles is 1. The quantitative estimate of drug-likeness (QED) is 0.264. The summed E-state index contributed by atoms with van der Waals surface area (Å²) >= 11 is 1.09. The third kappa shape index (κ3) is 3.66. The Morgan fingerprint density at radius 1 is 1.30 bits per heavy atom. The molecule has 0 saturated heterocycles. The number of hydrogen-bond acceptors (Lipinski definition) is 9. The van der Waals surface area contributed by atoms with Gasteiger partial charge in [0.15, 0.2) is 6.04 Å². The molecular formula is C23H21N7O2S. The number of nitrogens with two attached hydrogens (primary N) is 2. The van der Waals surface area contributed by atoms with E-state index in [2.05, 4.69) is 35.2 Å². The summed E-state index contributed by atoms with van der Waals surface area (Å²) in [6, 6.07) is 10.3. The highest BCUT2D eigenvalue weighted by Gasteiger charge is 2.35. The predicted octanol–water partition coefficient (Wildman–Crippen LogP) is 3.17. The van der Waals surface area contributed by atoms with Gasteiger partial charge in [0, 0.05) is 29.7 Å². The number of aromatic nitrogens is 3. The molecule has 1 fully saturated rings. The number of anilines is 2. The van der Waals surface area contributed by atoms with Crippen molar-refractivity contribution < 1.29 is 14.3 Å². The first-order valence-electron chi connectivity index (χ1n) is 10.5. The molecule has 3 heterocycles. The molecule has 0 spiro atoms. The number of thiophene rings is 1. The molecule has 0 unspecified atom stereocenters. The van der Waals surface area contributed by atoms with Crippen molar-refractivity contribution >= 4 is 44.8 Å². The summed E-state index contributed by atoms with van der Waals surface area (Å²) in [5.41, 5.74) is 15.5. The lowest BCUT2D eigenvalue weighted by Crippen LogP contribution is -2.32. The second kappa shape index (κ2) is 7.86. The Labute approximate surface area is 193 Å². The molecule has 1 aliphatic rings. The van der Waals surface area contributed by atoms with Crippen LogP contribution in [0, 0.1) is 11.3 Å². The van der Waals surface area contributed by atoms with Gasteiger partial charge in [-0.15, -0.1) is 11.3 Å². The number of fused-ring (bicyclic) bond motifs is 1. The summed E-state index contributed by atoms with van der Waals surface area (Å²) in [7, 11) is 0. The van der Waals surface area contributed by atoms with Gasteiger partial charge in [-0.2, -0.15) is 5.26 Å². The van der Waals surface area contributed by atoms with E-state index in [4.69, 9.17) is 16.0 Å². The van der Waals surface area contributed by atoms with Crippen LogP contribution in [0.2, 0.25) is 0 Å². The molecular weight excluding hydrogens is 438 g/mol. The number of rotatable bonds is 5. The van der Waals surface area contributed by atoms with Crippen molar-refractivity contribution in [2.75, 3.05) is 11.5 Å². The van der Waals surface area contributed by atoms with Crippen LogP contribution < -0.4 is 21.3 Å². The van der Waals surface area contributed by atoms with Gasteiger partial charge in [-0.1, -0.05) is 38.1 Å². The van der Waals surface area contributed by atoms with E-state index in [-0.39, 0.29) is 27.8 Å². The molecule has 4 aromatic rings. The van der Waals surface area contributed by atoms with E-state index < -0.39 is 5.90 Å². The normalized spacial score (nSPS) is 14.2. The van der Waals surface area contributed by atoms with E-state index in [1.165, 1.54) is 5.56 Å². The highest BCUT2D eigenvalue weighted by atomic mass is 32.1. The summed E-state index contributed by atoms with van der Waals surface area (Å²) in [5, 5.41) is 27.2. The standard InChI is InChI=1S/C23H21N7O2S/c1-11(2)12-3-5-13(6-4-12)17-15(9-24)21(26)28-23-18(17)19(25)20(33-23)22(31)27-16-10-30(29-32-16)14-7-8-14/h3-6,10-11,14H,7-8H2,1-2H3,(H4-,25,26,27,28,29,31). The highest BCUT2D eigenvalue weighted by molar-refractivity contribution is 7.21. The largest absolute Gasteiger partial charge is 0.857 e. The van der Waals surface area contributed by atoms with Crippen molar-refractivity contribution in [2.24, 2.45) is 4.99 Å². The van der Waals surface area contributed by atoms with E-state index in [1.54, 1.807) is 10.9 Å². The monoisotopic (exact) mass is 459 g/mol. The fraction of sp³-hybridized carbons (Fsp3) is 0.261. The van der Waals surface area contributed by atoms with Crippen LogP contribution in [0.25, 0.3) is 21.3 Å². The van der Waals surface area contributed by atoms with Crippen LogP contribution in [-0.2, 0) is 0 Å². The van der Waals surface area contributed by atoms with Crippen molar-refractivity contribution in [1.29, 1.82) is 5.26 Å². The smallest absolute Gasteiger partial charge is 0.320 e. The molecule has 10 heteroatoms. The molecule has 0 atom stereocenters. The fourth-order valence-corrected chi connectivity index (χ4v) is 4.72. The van der Waals surface area contributed by atoms with Crippen molar-refractivity contribution in [3.63, 3.8) is 0 Å². The summed E-state index contributed by atoms with van der Waals surface area (Å²) in [6.45, 7) is 4.22. The highest BCUT2D eigenvalue weighted by Crippen LogP contribution is 2.43. The predicted molar refractivity (Wildman–Crippen MR) is 124 cm³/mol. The second-order valence-electron chi connectivity index (χ2n) is 8.33. The van der Waals surface area contributed by atoms with Gasteiger partial charge in [0.05, 0.1) is 10.6 Å². The number of hydrogen-bond donors (Lipinski definition) is 2. The first kappa shape index (κ1) is 20.9. The molecule has 0 aliphatic heterocycles. The topological polar surface area (TPSA) is 154 Å². The van der Waals surface area contributed by atoms with Crippen LogP contribution in [0.15, 0.2) is 40.0 Å². The Kier molecular flexibility index (Phi) is 4.98. The summed E-state index contributed by atoms with van der Waals surface area (Å²) < 4.78 is 6.83. The maximum Gasteiger partial charge on any atom is 0.320 e. The van der Waals surface area contributed by atoms with E-state index in [1.807, 2.05) is 24.3 Å². The van der Waals surface area contributed by atoms with Crippen LogP contribution in [0.5, 0.6) is 0 Å².